The molecule has 2 aromatic rings. The molecule has 0 aliphatic heterocycles. The Bertz CT molecular complexity index is 792. The first-order valence-electron chi connectivity index (χ1n) is 8.96. The first-order chi connectivity index (χ1) is 12.1. The molecule has 3 unspecified atom stereocenters. The Morgan fingerprint density at radius 3 is 2.64 bits per heavy atom. The maximum absolute atomic E-state index is 12.4. The van der Waals surface area contributed by atoms with Gasteiger partial charge >= 0.3 is 0 Å². The second kappa shape index (κ2) is 6.43. The van der Waals surface area contributed by atoms with E-state index in [2.05, 4.69) is 32.9 Å². The van der Waals surface area contributed by atoms with Crippen LogP contribution in [0.25, 0.3) is 11.4 Å². The Balaban J connectivity index is 1.37. The summed E-state index contributed by atoms with van der Waals surface area (Å²) in [4.78, 5) is 14.0. The van der Waals surface area contributed by atoms with E-state index in [1.165, 1.54) is 12.8 Å². The molecule has 2 bridgehead atoms. The van der Waals surface area contributed by atoms with Crippen molar-refractivity contribution in [3.8, 4) is 11.4 Å². The van der Waals surface area contributed by atoms with Gasteiger partial charge in [0.05, 0.1) is 6.04 Å². The largest absolute Gasteiger partial charge is 0.352 e. The summed E-state index contributed by atoms with van der Waals surface area (Å²) in [5.41, 5.74) is 1.53. The second-order valence-electron chi connectivity index (χ2n) is 7.35. The topological polar surface area (TPSA) is 72.7 Å². The zero-order valence-corrected chi connectivity index (χ0v) is 14.6. The predicted molar refractivity (Wildman–Crippen MR) is 94.8 cm³/mol. The third-order valence-electron chi connectivity index (χ3n) is 5.24. The Labute approximate surface area is 147 Å². The van der Waals surface area contributed by atoms with Gasteiger partial charge in [0.1, 0.15) is 0 Å². The Morgan fingerprint density at radius 2 is 2.04 bits per heavy atom. The van der Waals surface area contributed by atoms with Crippen molar-refractivity contribution in [2.75, 3.05) is 6.54 Å². The third kappa shape index (κ3) is 3.21. The average Bonchev–Trinajstić information content (AvgIpc) is 3.35. The van der Waals surface area contributed by atoms with Crippen molar-refractivity contribution in [2.45, 2.75) is 32.7 Å². The zero-order valence-electron chi connectivity index (χ0n) is 14.6. The van der Waals surface area contributed by atoms with Crippen LogP contribution in [0.4, 0.5) is 0 Å². The summed E-state index contributed by atoms with van der Waals surface area (Å²) in [5.74, 6) is 2.54. The molecule has 0 spiro atoms. The standard InChI is InChI=1S/C19H23N5O/c1-12(2)24-22-18(21-23-24)14-5-7-15(8-6-14)19(25)20-11-17-10-13-3-4-16(17)9-13/h3-8,12-13,16-17H,9-11H2,1-2H3,(H,20,25). The number of benzene rings is 1. The van der Waals surface area contributed by atoms with E-state index in [-0.39, 0.29) is 11.9 Å². The molecule has 0 radical (unpaired) electrons. The van der Waals surface area contributed by atoms with Crippen LogP contribution in [0.1, 0.15) is 43.1 Å². The SMILES string of the molecule is CC(C)n1nnc(-c2ccc(C(=O)NCC3CC4C=CC3C4)cc2)n1. The van der Waals surface area contributed by atoms with Gasteiger partial charge in [0.25, 0.3) is 5.91 Å². The number of rotatable bonds is 5. The van der Waals surface area contributed by atoms with Gasteiger partial charge in [-0.25, -0.2) is 0 Å². The molecule has 2 aliphatic carbocycles. The van der Waals surface area contributed by atoms with Gasteiger partial charge in [-0.15, -0.1) is 10.2 Å². The Hall–Kier alpha value is -2.50. The summed E-state index contributed by atoms with van der Waals surface area (Å²) in [6.07, 6.45) is 7.11. The molecule has 0 saturated heterocycles. The first-order valence-corrected chi connectivity index (χ1v) is 8.96. The van der Waals surface area contributed by atoms with Crippen LogP contribution in [0.5, 0.6) is 0 Å². The number of carbonyl (C=O) groups excluding carboxylic acids is 1. The molecule has 1 saturated carbocycles. The predicted octanol–water partition coefficient (Wildman–Crippen LogP) is 2.86. The van der Waals surface area contributed by atoms with Crippen LogP contribution in [0, 0.1) is 17.8 Å². The molecule has 1 aromatic heterocycles. The molecular formula is C19H23N5O. The number of carbonyl (C=O) groups is 1. The van der Waals surface area contributed by atoms with Crippen LogP contribution in [0.3, 0.4) is 0 Å². The number of aromatic nitrogens is 4. The van der Waals surface area contributed by atoms with Crippen LogP contribution in [-0.2, 0) is 0 Å². The minimum atomic E-state index is -0.0166. The van der Waals surface area contributed by atoms with Gasteiger partial charge in [-0.3, -0.25) is 4.79 Å². The van der Waals surface area contributed by atoms with Gasteiger partial charge in [0.2, 0.25) is 5.82 Å². The number of nitrogens with zero attached hydrogens (tertiary/aromatic N) is 4. The Morgan fingerprint density at radius 1 is 1.24 bits per heavy atom. The summed E-state index contributed by atoms with van der Waals surface area (Å²) in [6.45, 7) is 4.77. The highest BCUT2D eigenvalue weighted by atomic mass is 16.1. The van der Waals surface area contributed by atoms with Crippen LogP contribution in [0.2, 0.25) is 0 Å². The monoisotopic (exact) mass is 337 g/mol. The van der Waals surface area contributed by atoms with Crippen molar-refractivity contribution in [1.82, 2.24) is 25.5 Å². The fourth-order valence-electron chi connectivity index (χ4n) is 3.79. The summed E-state index contributed by atoms with van der Waals surface area (Å²) in [7, 11) is 0. The molecule has 4 rings (SSSR count). The molecule has 25 heavy (non-hydrogen) atoms. The minimum Gasteiger partial charge on any atom is -0.352 e. The molecular weight excluding hydrogens is 314 g/mol. The highest BCUT2D eigenvalue weighted by Gasteiger charge is 2.35. The van der Waals surface area contributed by atoms with E-state index in [0.29, 0.717) is 23.2 Å². The number of allylic oxidation sites excluding steroid dienone is 2. The van der Waals surface area contributed by atoms with Crippen LogP contribution < -0.4 is 5.32 Å². The van der Waals surface area contributed by atoms with Gasteiger partial charge in [0.15, 0.2) is 0 Å². The molecule has 1 amide bonds. The van der Waals surface area contributed by atoms with Gasteiger partial charge in [-0.2, -0.15) is 4.80 Å². The van der Waals surface area contributed by atoms with Gasteiger partial charge < -0.3 is 5.32 Å². The van der Waals surface area contributed by atoms with Crippen LogP contribution in [-0.4, -0.2) is 32.7 Å². The van der Waals surface area contributed by atoms with Crippen molar-refractivity contribution in [1.29, 1.82) is 0 Å². The highest BCUT2D eigenvalue weighted by molar-refractivity contribution is 5.94. The van der Waals surface area contributed by atoms with E-state index in [1.54, 1.807) is 4.80 Å². The maximum atomic E-state index is 12.4. The number of amides is 1. The fourth-order valence-corrected chi connectivity index (χ4v) is 3.79. The minimum absolute atomic E-state index is 0.0166. The lowest BCUT2D eigenvalue weighted by atomic mass is 9.93. The van der Waals surface area contributed by atoms with E-state index >= 15 is 0 Å². The van der Waals surface area contributed by atoms with Gasteiger partial charge in [0, 0.05) is 17.7 Å². The molecule has 130 valence electrons. The number of hydrogen-bond donors (Lipinski definition) is 1. The smallest absolute Gasteiger partial charge is 0.251 e. The van der Waals surface area contributed by atoms with Crippen molar-refractivity contribution in [2.24, 2.45) is 17.8 Å². The lowest BCUT2D eigenvalue weighted by molar-refractivity contribution is 0.0945. The summed E-state index contributed by atoms with van der Waals surface area (Å²) >= 11 is 0. The van der Waals surface area contributed by atoms with Crippen molar-refractivity contribution >= 4 is 5.91 Å². The number of nitrogens with one attached hydrogen (secondary N) is 1. The van der Waals surface area contributed by atoms with E-state index in [0.717, 1.165) is 18.0 Å². The summed E-state index contributed by atoms with van der Waals surface area (Å²) in [6, 6.07) is 7.56. The second-order valence-corrected chi connectivity index (χ2v) is 7.35. The number of hydrogen-bond acceptors (Lipinski definition) is 4. The molecule has 1 N–H and O–H groups in total. The highest BCUT2D eigenvalue weighted by Crippen LogP contribution is 2.42. The fraction of sp³-hybridized carbons (Fsp3) is 0.474. The van der Waals surface area contributed by atoms with E-state index in [1.807, 2.05) is 38.1 Å². The van der Waals surface area contributed by atoms with E-state index in [4.69, 9.17) is 0 Å². The maximum Gasteiger partial charge on any atom is 0.251 e. The lowest BCUT2D eigenvalue weighted by Crippen LogP contribution is -2.30. The molecule has 1 heterocycles. The first kappa shape index (κ1) is 16.0. The van der Waals surface area contributed by atoms with Crippen LogP contribution >= 0.6 is 0 Å². The average molecular weight is 337 g/mol. The normalized spacial score (nSPS) is 24.2. The van der Waals surface area contributed by atoms with Gasteiger partial charge in [-0.05, 0) is 61.8 Å². The summed E-state index contributed by atoms with van der Waals surface area (Å²) in [5, 5.41) is 15.5. The van der Waals surface area contributed by atoms with E-state index < -0.39 is 0 Å². The molecule has 3 atom stereocenters. The molecule has 6 nitrogen and oxygen atoms in total. The van der Waals surface area contributed by atoms with Gasteiger partial charge in [-0.1, -0.05) is 24.3 Å². The van der Waals surface area contributed by atoms with Crippen LogP contribution in [0.15, 0.2) is 36.4 Å². The Kier molecular flexibility index (Phi) is 4.11. The molecule has 2 aliphatic rings. The van der Waals surface area contributed by atoms with E-state index in [9.17, 15) is 4.79 Å². The molecule has 6 heteroatoms. The summed E-state index contributed by atoms with van der Waals surface area (Å²) < 4.78 is 0. The van der Waals surface area contributed by atoms with Crippen molar-refractivity contribution < 1.29 is 4.79 Å². The lowest BCUT2D eigenvalue weighted by Gasteiger charge is -2.18. The van der Waals surface area contributed by atoms with Crippen molar-refractivity contribution in [3.05, 3.63) is 42.0 Å². The molecule has 1 fully saturated rings. The zero-order chi connectivity index (χ0) is 17.4. The number of fused-ring (bicyclic) bond motifs is 2. The third-order valence-corrected chi connectivity index (χ3v) is 5.24. The van der Waals surface area contributed by atoms with Crippen molar-refractivity contribution in [3.63, 3.8) is 0 Å². The quantitative estimate of drug-likeness (QED) is 0.852. The number of tetrazole rings is 1. The molecule has 1 aromatic carbocycles.